The van der Waals surface area contributed by atoms with E-state index in [1.807, 2.05) is 0 Å². The largest absolute Gasteiger partial charge is 0.508 e. The topological polar surface area (TPSA) is 73.3 Å². The van der Waals surface area contributed by atoms with Crippen LogP contribution in [-0.2, 0) is 0 Å². The Labute approximate surface area is 106 Å². The average Bonchev–Trinajstić information content (AvgIpc) is 2.30. The predicted octanol–water partition coefficient (Wildman–Crippen LogP) is 2.75. The number of pyridine rings is 1. The number of fused-ring (bicyclic) bond motifs is 2. The number of nitrogens with one attached hydrogen (secondary N) is 1. The molecule has 0 amide bonds. The normalized spacial score (nSPS) is 11.2. The third-order valence-electron chi connectivity index (χ3n) is 2.85. The highest BCUT2D eigenvalue weighted by Crippen LogP contribution is 2.29. The van der Waals surface area contributed by atoms with Crippen LogP contribution in [0.25, 0.3) is 21.8 Å². The van der Waals surface area contributed by atoms with E-state index >= 15 is 0 Å². The lowest BCUT2D eigenvalue weighted by atomic mass is 10.1. The van der Waals surface area contributed by atoms with Gasteiger partial charge in [0.1, 0.15) is 11.5 Å². The molecule has 5 heteroatoms. The van der Waals surface area contributed by atoms with E-state index in [4.69, 9.17) is 11.6 Å². The molecule has 0 spiro atoms. The molecule has 0 aliphatic carbocycles. The molecule has 0 bridgehead atoms. The van der Waals surface area contributed by atoms with E-state index in [9.17, 15) is 15.0 Å². The molecule has 3 aromatic rings. The van der Waals surface area contributed by atoms with Crippen molar-refractivity contribution in [1.82, 2.24) is 4.98 Å². The molecular weight excluding hydrogens is 254 g/mol. The zero-order valence-corrected chi connectivity index (χ0v) is 9.82. The fraction of sp³-hybridized carbons (Fsp3) is 0. The van der Waals surface area contributed by atoms with E-state index in [0.717, 1.165) is 6.07 Å². The molecule has 1 aromatic heterocycles. The van der Waals surface area contributed by atoms with Gasteiger partial charge in [-0.25, -0.2) is 0 Å². The van der Waals surface area contributed by atoms with Gasteiger partial charge in [0.25, 0.3) is 0 Å². The second-order valence-electron chi connectivity index (χ2n) is 4.00. The van der Waals surface area contributed by atoms with Gasteiger partial charge in [-0.05, 0) is 12.1 Å². The molecule has 4 nitrogen and oxygen atoms in total. The highest BCUT2D eigenvalue weighted by molar-refractivity contribution is 6.35. The van der Waals surface area contributed by atoms with Crippen molar-refractivity contribution in [3.8, 4) is 11.5 Å². The molecule has 90 valence electrons. The van der Waals surface area contributed by atoms with Crippen LogP contribution in [0, 0.1) is 0 Å². The molecule has 3 rings (SSSR count). The Kier molecular flexibility index (Phi) is 2.21. The summed E-state index contributed by atoms with van der Waals surface area (Å²) >= 11 is 6.01. The quantitative estimate of drug-likeness (QED) is 0.545. The molecule has 18 heavy (non-hydrogen) atoms. The van der Waals surface area contributed by atoms with Gasteiger partial charge in [0, 0.05) is 17.5 Å². The number of aromatic amines is 1. The SMILES string of the molecule is O=c1c2cccc(Cl)c2[nH]c2cc(O)cc(O)c12. The predicted molar refractivity (Wildman–Crippen MR) is 70.4 cm³/mol. The first kappa shape index (κ1) is 10.9. The van der Waals surface area contributed by atoms with Gasteiger partial charge in [-0.3, -0.25) is 4.79 Å². The highest BCUT2D eigenvalue weighted by atomic mass is 35.5. The van der Waals surface area contributed by atoms with Crippen LogP contribution < -0.4 is 5.43 Å². The number of hydrogen-bond donors (Lipinski definition) is 3. The van der Waals surface area contributed by atoms with Crippen molar-refractivity contribution >= 4 is 33.4 Å². The number of phenolic OH excluding ortho intramolecular Hbond substituents is 2. The molecule has 3 N–H and O–H groups in total. The molecule has 0 aliphatic rings. The number of hydrogen-bond acceptors (Lipinski definition) is 3. The van der Waals surface area contributed by atoms with Crippen LogP contribution in [0.1, 0.15) is 0 Å². The van der Waals surface area contributed by atoms with Crippen LogP contribution >= 0.6 is 11.6 Å². The smallest absolute Gasteiger partial charge is 0.201 e. The first-order valence-electron chi connectivity index (χ1n) is 5.24. The standard InChI is InChI=1S/C13H8ClNO3/c14-8-3-1-2-7-12(8)15-9-4-6(16)5-10(17)11(9)13(7)18/h1-5,16-17H,(H,15,18). The van der Waals surface area contributed by atoms with E-state index in [2.05, 4.69) is 4.98 Å². The summed E-state index contributed by atoms with van der Waals surface area (Å²) in [6, 6.07) is 7.47. The van der Waals surface area contributed by atoms with Crippen molar-refractivity contribution in [2.45, 2.75) is 0 Å². The molecule has 0 aliphatic heterocycles. The third-order valence-corrected chi connectivity index (χ3v) is 3.16. The van der Waals surface area contributed by atoms with E-state index < -0.39 is 0 Å². The average molecular weight is 262 g/mol. The third kappa shape index (κ3) is 1.43. The number of phenols is 2. The van der Waals surface area contributed by atoms with Crippen LogP contribution in [-0.4, -0.2) is 15.2 Å². The minimum absolute atomic E-state index is 0.123. The van der Waals surface area contributed by atoms with Gasteiger partial charge in [-0.15, -0.1) is 0 Å². The molecule has 0 saturated carbocycles. The Bertz CT molecular complexity index is 839. The lowest BCUT2D eigenvalue weighted by Crippen LogP contribution is -2.04. The number of para-hydroxylation sites is 1. The monoisotopic (exact) mass is 261 g/mol. The molecule has 0 radical (unpaired) electrons. The lowest BCUT2D eigenvalue weighted by Gasteiger charge is -2.06. The van der Waals surface area contributed by atoms with Crippen LogP contribution in [0.3, 0.4) is 0 Å². The van der Waals surface area contributed by atoms with Gasteiger partial charge < -0.3 is 15.2 Å². The summed E-state index contributed by atoms with van der Waals surface area (Å²) in [5.74, 6) is -0.379. The zero-order valence-electron chi connectivity index (χ0n) is 9.07. The van der Waals surface area contributed by atoms with Crippen LogP contribution in [0.15, 0.2) is 35.1 Å². The van der Waals surface area contributed by atoms with Crippen molar-refractivity contribution in [3.05, 3.63) is 45.6 Å². The molecule has 0 saturated heterocycles. The number of H-pyrrole nitrogens is 1. The Morgan fingerprint density at radius 2 is 1.94 bits per heavy atom. The Balaban J connectivity index is 2.66. The number of halogens is 1. The fourth-order valence-corrected chi connectivity index (χ4v) is 2.28. The van der Waals surface area contributed by atoms with Gasteiger partial charge in [0.15, 0.2) is 0 Å². The molecular formula is C13H8ClNO3. The van der Waals surface area contributed by atoms with Crippen molar-refractivity contribution in [2.75, 3.05) is 0 Å². The highest BCUT2D eigenvalue weighted by Gasteiger charge is 2.11. The van der Waals surface area contributed by atoms with Crippen molar-refractivity contribution < 1.29 is 10.2 Å². The van der Waals surface area contributed by atoms with E-state index in [1.54, 1.807) is 18.2 Å². The summed E-state index contributed by atoms with van der Waals surface area (Å²) in [6.45, 7) is 0. The molecule has 0 atom stereocenters. The van der Waals surface area contributed by atoms with Gasteiger partial charge in [-0.2, -0.15) is 0 Å². The minimum Gasteiger partial charge on any atom is -0.508 e. The molecule has 1 heterocycles. The summed E-state index contributed by atoms with van der Waals surface area (Å²) in [4.78, 5) is 15.2. The van der Waals surface area contributed by atoms with Crippen molar-refractivity contribution in [1.29, 1.82) is 0 Å². The van der Waals surface area contributed by atoms with Gasteiger partial charge in [-0.1, -0.05) is 17.7 Å². The van der Waals surface area contributed by atoms with Gasteiger partial charge >= 0.3 is 0 Å². The van der Waals surface area contributed by atoms with Crippen LogP contribution in [0.4, 0.5) is 0 Å². The van der Waals surface area contributed by atoms with Crippen LogP contribution in [0.5, 0.6) is 11.5 Å². The van der Waals surface area contributed by atoms with Crippen molar-refractivity contribution in [2.24, 2.45) is 0 Å². The zero-order chi connectivity index (χ0) is 12.9. The summed E-state index contributed by atoms with van der Waals surface area (Å²) in [5, 5.41) is 20.1. The molecule has 2 aromatic carbocycles. The van der Waals surface area contributed by atoms with E-state index in [1.165, 1.54) is 6.07 Å². The second kappa shape index (κ2) is 3.65. The molecule has 0 fully saturated rings. The van der Waals surface area contributed by atoms with Crippen LogP contribution in [0.2, 0.25) is 5.02 Å². The maximum Gasteiger partial charge on any atom is 0.201 e. The molecule has 0 unspecified atom stereocenters. The number of rotatable bonds is 0. The van der Waals surface area contributed by atoms with Gasteiger partial charge in [0.05, 0.1) is 21.4 Å². The Morgan fingerprint density at radius 3 is 2.72 bits per heavy atom. The fourth-order valence-electron chi connectivity index (χ4n) is 2.06. The summed E-state index contributed by atoms with van der Waals surface area (Å²) in [7, 11) is 0. The summed E-state index contributed by atoms with van der Waals surface area (Å²) in [6.07, 6.45) is 0. The van der Waals surface area contributed by atoms with E-state index in [0.29, 0.717) is 21.4 Å². The summed E-state index contributed by atoms with van der Waals surface area (Å²) < 4.78 is 0. The van der Waals surface area contributed by atoms with E-state index in [-0.39, 0.29) is 22.3 Å². The van der Waals surface area contributed by atoms with Gasteiger partial charge in [0.2, 0.25) is 5.43 Å². The Morgan fingerprint density at radius 1 is 1.17 bits per heavy atom. The second-order valence-corrected chi connectivity index (χ2v) is 4.41. The maximum atomic E-state index is 12.3. The van der Waals surface area contributed by atoms with Crippen molar-refractivity contribution in [3.63, 3.8) is 0 Å². The first-order chi connectivity index (χ1) is 8.58. The minimum atomic E-state index is -0.321. The lowest BCUT2D eigenvalue weighted by molar-refractivity contribution is 0.455. The number of benzene rings is 2. The maximum absolute atomic E-state index is 12.3. The Hall–Kier alpha value is -2.20. The first-order valence-corrected chi connectivity index (χ1v) is 5.62. The summed E-state index contributed by atoms with van der Waals surface area (Å²) in [5.41, 5.74) is 0.513. The number of aromatic nitrogens is 1. The number of aromatic hydroxyl groups is 2.